The molecule has 0 spiro atoms. The van der Waals surface area contributed by atoms with E-state index in [1.807, 2.05) is 0 Å². The lowest BCUT2D eigenvalue weighted by molar-refractivity contribution is -0.288. The number of carbonyl (C=O) groups is 4. The number of hydrogen-bond donors (Lipinski definition) is 0. The lowest BCUT2D eigenvalue weighted by atomic mass is 9.98. The predicted molar refractivity (Wildman–Crippen MR) is 140 cm³/mol. The topological polar surface area (TPSA) is 154 Å². The highest BCUT2D eigenvalue weighted by molar-refractivity contribution is 5.82. The van der Waals surface area contributed by atoms with Crippen molar-refractivity contribution >= 4 is 34.8 Å². The summed E-state index contributed by atoms with van der Waals surface area (Å²) in [6, 6.07) is 9.92. The summed E-state index contributed by atoms with van der Waals surface area (Å²) in [4.78, 5) is 60.6. The van der Waals surface area contributed by atoms with Gasteiger partial charge < -0.3 is 32.8 Å². The summed E-state index contributed by atoms with van der Waals surface area (Å²) < 4.78 is 53.0. The van der Waals surface area contributed by atoms with Crippen molar-refractivity contribution in [2.24, 2.45) is 0 Å². The first-order valence-corrected chi connectivity index (χ1v) is 12.7. The third kappa shape index (κ3) is 6.92. The summed E-state index contributed by atoms with van der Waals surface area (Å²) in [6.07, 6.45) is -5.78. The van der Waals surface area contributed by atoms with Gasteiger partial charge in [-0.1, -0.05) is 18.2 Å². The van der Waals surface area contributed by atoms with Crippen LogP contribution in [0.2, 0.25) is 0 Å². The Bertz CT molecular complexity index is 1560. The minimum absolute atomic E-state index is 0.0221. The van der Waals surface area contributed by atoms with Crippen LogP contribution < -0.4 is 10.2 Å². The summed E-state index contributed by atoms with van der Waals surface area (Å²) >= 11 is 0. The number of fused-ring (bicyclic) bond motifs is 1. The maximum atomic E-state index is 14.3. The minimum atomic E-state index is -1.48. The van der Waals surface area contributed by atoms with E-state index in [2.05, 4.69) is 0 Å². The number of esters is 4. The van der Waals surface area contributed by atoms with E-state index in [9.17, 15) is 28.4 Å². The molecule has 222 valence electrons. The standard InChI is InChI=1S/C29H27FO12/c1-14(31)36-13-24-26(38-15(2)32)27(39-16(3)33)28(40-17(4)34)29(42-24)41-18-9-10-20-23(11-18)37-12-21(25(20)35)19-7-5-6-8-22(19)30/h5-12,24,26-29H,13H2,1-4H3/t24-,26+,27+,28+,29-/m1/s1. The monoisotopic (exact) mass is 586 g/mol. The van der Waals surface area contributed by atoms with Crippen molar-refractivity contribution < 1.29 is 56.4 Å². The smallest absolute Gasteiger partial charge is 0.303 e. The lowest BCUT2D eigenvalue weighted by Gasteiger charge is -2.43. The van der Waals surface area contributed by atoms with E-state index >= 15 is 0 Å². The fourth-order valence-electron chi connectivity index (χ4n) is 4.47. The maximum absolute atomic E-state index is 14.3. The maximum Gasteiger partial charge on any atom is 0.303 e. The Hall–Kier alpha value is -4.78. The van der Waals surface area contributed by atoms with Gasteiger partial charge in [-0.2, -0.15) is 0 Å². The number of halogens is 1. The summed E-state index contributed by atoms with van der Waals surface area (Å²) in [7, 11) is 0. The minimum Gasteiger partial charge on any atom is -0.463 e. The molecule has 0 N–H and O–H groups in total. The second-order valence-electron chi connectivity index (χ2n) is 9.30. The molecule has 13 heteroatoms. The van der Waals surface area contributed by atoms with Crippen molar-refractivity contribution in [3.05, 3.63) is 64.8 Å². The quantitative estimate of drug-likeness (QED) is 0.281. The van der Waals surface area contributed by atoms with Gasteiger partial charge in [0.15, 0.2) is 12.2 Å². The van der Waals surface area contributed by atoms with Crippen molar-refractivity contribution in [3.8, 4) is 16.9 Å². The highest BCUT2D eigenvalue weighted by atomic mass is 19.1. The number of rotatable bonds is 8. The molecule has 2 heterocycles. The van der Waals surface area contributed by atoms with Crippen LogP contribution in [0.5, 0.6) is 5.75 Å². The Balaban J connectivity index is 1.71. The van der Waals surface area contributed by atoms with E-state index in [1.165, 1.54) is 36.4 Å². The lowest BCUT2D eigenvalue weighted by Crippen LogP contribution is -2.63. The van der Waals surface area contributed by atoms with E-state index in [4.69, 9.17) is 32.8 Å². The van der Waals surface area contributed by atoms with E-state index in [-0.39, 0.29) is 27.8 Å². The van der Waals surface area contributed by atoms with E-state index < -0.39 is 72.4 Å². The van der Waals surface area contributed by atoms with Crippen molar-refractivity contribution in [1.29, 1.82) is 0 Å². The highest BCUT2D eigenvalue weighted by Gasteiger charge is 2.53. The number of hydrogen-bond acceptors (Lipinski definition) is 12. The van der Waals surface area contributed by atoms with Gasteiger partial charge in [0.25, 0.3) is 0 Å². The first-order valence-electron chi connectivity index (χ1n) is 12.7. The fraction of sp³-hybridized carbons (Fsp3) is 0.345. The van der Waals surface area contributed by atoms with Gasteiger partial charge in [-0.05, 0) is 18.2 Å². The summed E-state index contributed by atoms with van der Waals surface area (Å²) in [5.74, 6) is -3.53. The molecule has 1 saturated heterocycles. The van der Waals surface area contributed by atoms with Gasteiger partial charge in [-0.3, -0.25) is 24.0 Å². The van der Waals surface area contributed by atoms with E-state index in [0.717, 1.165) is 34.0 Å². The Morgan fingerprint density at radius 2 is 1.45 bits per heavy atom. The van der Waals surface area contributed by atoms with Crippen LogP contribution in [-0.4, -0.2) is 61.2 Å². The molecule has 4 rings (SSSR count). The molecular formula is C29H27FO12. The van der Waals surface area contributed by atoms with E-state index in [1.54, 1.807) is 6.07 Å². The van der Waals surface area contributed by atoms with Gasteiger partial charge in [0.05, 0.1) is 10.9 Å². The van der Waals surface area contributed by atoms with Crippen molar-refractivity contribution in [3.63, 3.8) is 0 Å². The van der Waals surface area contributed by atoms with Gasteiger partial charge in [0.1, 0.15) is 36.1 Å². The molecule has 2 aromatic carbocycles. The van der Waals surface area contributed by atoms with Crippen LogP contribution in [0.25, 0.3) is 22.1 Å². The normalized spacial score (nSPS) is 21.7. The van der Waals surface area contributed by atoms with Crippen LogP contribution in [0.3, 0.4) is 0 Å². The third-order valence-corrected chi connectivity index (χ3v) is 6.11. The van der Waals surface area contributed by atoms with Gasteiger partial charge in [-0.25, -0.2) is 4.39 Å². The summed E-state index contributed by atoms with van der Waals surface area (Å²) in [6.45, 7) is 4.04. The Kier molecular flexibility index (Phi) is 9.21. The van der Waals surface area contributed by atoms with Crippen LogP contribution in [-0.2, 0) is 42.9 Å². The van der Waals surface area contributed by atoms with Gasteiger partial charge >= 0.3 is 23.9 Å². The van der Waals surface area contributed by atoms with Crippen LogP contribution >= 0.6 is 0 Å². The molecule has 0 unspecified atom stereocenters. The molecule has 1 aliphatic heterocycles. The molecular weight excluding hydrogens is 559 g/mol. The Morgan fingerprint density at radius 3 is 2.10 bits per heavy atom. The highest BCUT2D eigenvalue weighted by Crippen LogP contribution is 2.32. The van der Waals surface area contributed by atoms with Crippen LogP contribution in [0.1, 0.15) is 27.7 Å². The summed E-state index contributed by atoms with van der Waals surface area (Å²) in [5, 5.41) is 0.129. The number of carbonyl (C=O) groups excluding carboxylic acids is 4. The SMILES string of the molecule is CC(=O)OC[C@H]1O[C@@H](Oc2ccc3c(=O)c(-c4ccccc4F)coc3c2)[C@@H](OC(C)=O)[C@@H](OC(C)=O)[C@H]1OC(C)=O. The molecule has 12 nitrogen and oxygen atoms in total. The fourth-order valence-corrected chi connectivity index (χ4v) is 4.47. The molecule has 3 aromatic rings. The van der Waals surface area contributed by atoms with Crippen LogP contribution in [0.4, 0.5) is 4.39 Å². The molecule has 5 atom stereocenters. The molecule has 0 radical (unpaired) electrons. The second kappa shape index (κ2) is 12.8. The zero-order valence-corrected chi connectivity index (χ0v) is 23.0. The molecule has 1 fully saturated rings. The Labute approximate surface area is 238 Å². The van der Waals surface area contributed by atoms with Crippen molar-refractivity contribution in [2.45, 2.75) is 58.4 Å². The molecule has 1 aliphatic rings. The number of ether oxygens (including phenoxy) is 6. The molecule has 0 amide bonds. The van der Waals surface area contributed by atoms with Crippen LogP contribution in [0, 0.1) is 5.82 Å². The zero-order chi connectivity index (χ0) is 30.6. The largest absolute Gasteiger partial charge is 0.463 e. The first-order chi connectivity index (χ1) is 19.9. The average Bonchev–Trinajstić information content (AvgIpc) is 2.91. The summed E-state index contributed by atoms with van der Waals surface area (Å²) in [5.41, 5.74) is -0.303. The molecule has 0 saturated carbocycles. The molecule has 0 aliphatic carbocycles. The van der Waals surface area contributed by atoms with Crippen LogP contribution in [0.15, 0.2) is 57.9 Å². The van der Waals surface area contributed by atoms with Gasteiger partial charge in [0.2, 0.25) is 17.8 Å². The first kappa shape index (κ1) is 30.2. The molecule has 0 bridgehead atoms. The van der Waals surface area contributed by atoms with E-state index in [0.29, 0.717) is 0 Å². The van der Waals surface area contributed by atoms with Crippen molar-refractivity contribution in [1.82, 2.24) is 0 Å². The predicted octanol–water partition coefficient (Wildman–Crippen LogP) is 3.06. The van der Waals surface area contributed by atoms with Gasteiger partial charge in [0, 0.05) is 39.3 Å². The molecule has 42 heavy (non-hydrogen) atoms. The second-order valence-corrected chi connectivity index (χ2v) is 9.30. The third-order valence-electron chi connectivity index (χ3n) is 6.11. The average molecular weight is 587 g/mol. The number of benzene rings is 2. The zero-order valence-electron chi connectivity index (χ0n) is 23.0. The molecule has 1 aromatic heterocycles. The van der Waals surface area contributed by atoms with Gasteiger partial charge in [-0.15, -0.1) is 0 Å². The Morgan fingerprint density at radius 1 is 0.810 bits per heavy atom. The van der Waals surface area contributed by atoms with Crippen molar-refractivity contribution in [2.75, 3.05) is 6.61 Å².